The fourth-order valence-corrected chi connectivity index (χ4v) is 3.54. The van der Waals surface area contributed by atoms with E-state index in [9.17, 15) is 14.4 Å². The molecule has 0 aliphatic heterocycles. The maximum Gasteiger partial charge on any atom is 0.267 e. The quantitative estimate of drug-likeness (QED) is 0.404. The highest BCUT2D eigenvalue weighted by Gasteiger charge is 2.11. The summed E-state index contributed by atoms with van der Waals surface area (Å²) in [4.78, 5) is 36.9. The molecule has 0 unspecified atom stereocenters. The van der Waals surface area contributed by atoms with Crippen molar-refractivity contribution in [3.63, 3.8) is 0 Å². The normalized spacial score (nSPS) is 10.8. The van der Waals surface area contributed by atoms with Crippen LogP contribution >= 0.6 is 0 Å². The molecule has 35 heavy (non-hydrogen) atoms. The molecule has 4 aromatic rings. The summed E-state index contributed by atoms with van der Waals surface area (Å²) in [6.07, 6.45) is 0. The van der Waals surface area contributed by atoms with Gasteiger partial charge in [-0.15, -0.1) is 5.10 Å². The Hall–Kier alpha value is -4.54. The van der Waals surface area contributed by atoms with E-state index in [1.54, 1.807) is 23.9 Å². The number of methoxy groups -OCH3 is 1. The molecule has 0 radical (unpaired) electrons. The number of aromatic nitrogens is 6. The van der Waals surface area contributed by atoms with Crippen molar-refractivity contribution in [3.8, 4) is 22.8 Å². The monoisotopic (exact) mass is 475 g/mol. The van der Waals surface area contributed by atoms with Crippen LogP contribution in [0, 0.1) is 13.8 Å². The summed E-state index contributed by atoms with van der Waals surface area (Å²) >= 11 is 0. The zero-order valence-electron chi connectivity index (χ0n) is 19.6. The van der Waals surface area contributed by atoms with Crippen molar-refractivity contribution in [2.24, 2.45) is 0 Å². The molecule has 0 saturated carbocycles. The van der Waals surface area contributed by atoms with Gasteiger partial charge >= 0.3 is 0 Å². The lowest BCUT2D eigenvalue weighted by atomic mass is 10.1. The molecule has 180 valence electrons. The van der Waals surface area contributed by atoms with Crippen molar-refractivity contribution in [1.29, 1.82) is 0 Å². The van der Waals surface area contributed by atoms with Gasteiger partial charge in [0.1, 0.15) is 12.3 Å². The molecular formula is C24H25N7O4. The zero-order chi connectivity index (χ0) is 24.9. The van der Waals surface area contributed by atoms with Crippen LogP contribution in [0.2, 0.25) is 0 Å². The number of aryl methyl sites for hydroxylation is 2. The maximum absolute atomic E-state index is 12.5. The number of hydrogen-bond donors (Lipinski definition) is 1. The second-order valence-electron chi connectivity index (χ2n) is 7.88. The number of nitrogens with zero attached hydrogens (tertiary/aromatic N) is 6. The van der Waals surface area contributed by atoms with E-state index in [0.29, 0.717) is 11.5 Å². The summed E-state index contributed by atoms with van der Waals surface area (Å²) in [5.41, 5.74) is 2.44. The molecule has 0 fully saturated rings. The van der Waals surface area contributed by atoms with Crippen LogP contribution in [-0.4, -0.2) is 48.9 Å². The molecule has 3 heterocycles. The largest absolute Gasteiger partial charge is 0.497 e. The predicted octanol–water partition coefficient (Wildman–Crippen LogP) is 1.09. The van der Waals surface area contributed by atoms with Gasteiger partial charge in [-0.3, -0.25) is 14.4 Å². The smallest absolute Gasteiger partial charge is 0.267 e. The van der Waals surface area contributed by atoms with E-state index < -0.39 is 11.5 Å². The molecule has 1 N–H and O–H groups in total. The highest BCUT2D eigenvalue weighted by Crippen LogP contribution is 2.19. The van der Waals surface area contributed by atoms with E-state index in [4.69, 9.17) is 4.74 Å². The number of hydrogen-bond acceptors (Lipinski definition) is 7. The third-order valence-electron chi connectivity index (χ3n) is 5.27. The molecule has 0 aliphatic rings. The van der Waals surface area contributed by atoms with Crippen LogP contribution in [0.5, 0.6) is 5.75 Å². The molecule has 3 aromatic heterocycles. The first kappa shape index (κ1) is 23.6. The first-order chi connectivity index (χ1) is 16.8. The van der Waals surface area contributed by atoms with Gasteiger partial charge in [0.25, 0.3) is 11.1 Å². The Balaban J connectivity index is 1.40. The van der Waals surface area contributed by atoms with E-state index in [1.165, 1.54) is 16.8 Å². The second-order valence-corrected chi connectivity index (χ2v) is 7.88. The summed E-state index contributed by atoms with van der Waals surface area (Å²) in [7, 11) is 1.59. The number of ether oxygens (including phenoxy) is 1. The van der Waals surface area contributed by atoms with Gasteiger partial charge in [-0.1, -0.05) is 0 Å². The third kappa shape index (κ3) is 5.52. The van der Waals surface area contributed by atoms with Crippen molar-refractivity contribution >= 4 is 5.91 Å². The van der Waals surface area contributed by atoms with Crippen LogP contribution in [-0.2, 0) is 17.9 Å². The van der Waals surface area contributed by atoms with Crippen molar-refractivity contribution < 1.29 is 9.53 Å². The van der Waals surface area contributed by atoms with Gasteiger partial charge in [0.05, 0.1) is 25.0 Å². The van der Waals surface area contributed by atoms with Crippen LogP contribution in [0.25, 0.3) is 17.1 Å². The summed E-state index contributed by atoms with van der Waals surface area (Å²) in [5, 5.41) is 15.7. The molecule has 11 heteroatoms. The number of amides is 1. The zero-order valence-corrected chi connectivity index (χ0v) is 19.6. The SMILES string of the molecule is COc1ccc(-c2ccc(=O)n(CCNC(=O)Cn3nc(-n4nc(C)cc4C)ccc3=O)n2)cc1. The van der Waals surface area contributed by atoms with E-state index in [0.717, 1.165) is 27.4 Å². The first-order valence-corrected chi connectivity index (χ1v) is 10.9. The number of benzene rings is 1. The predicted molar refractivity (Wildman–Crippen MR) is 129 cm³/mol. The summed E-state index contributed by atoms with van der Waals surface area (Å²) in [5.74, 6) is 0.748. The van der Waals surface area contributed by atoms with Gasteiger partial charge < -0.3 is 10.1 Å². The molecule has 0 spiro atoms. The van der Waals surface area contributed by atoms with Gasteiger partial charge in [-0.05, 0) is 56.3 Å². The highest BCUT2D eigenvalue weighted by atomic mass is 16.5. The summed E-state index contributed by atoms with van der Waals surface area (Å²) < 4.78 is 9.14. The van der Waals surface area contributed by atoms with Crippen molar-refractivity contribution in [3.05, 3.63) is 86.7 Å². The lowest BCUT2D eigenvalue weighted by Gasteiger charge is -2.10. The molecule has 1 aromatic carbocycles. The molecule has 1 amide bonds. The lowest BCUT2D eigenvalue weighted by Crippen LogP contribution is -2.36. The van der Waals surface area contributed by atoms with Crippen molar-refractivity contribution in [2.45, 2.75) is 26.9 Å². The van der Waals surface area contributed by atoms with Crippen LogP contribution in [0.4, 0.5) is 0 Å². The standard InChI is InChI=1S/C24H25N7O4/c1-16-14-17(2)31(26-16)21-9-11-24(34)30(28-21)15-22(32)25-12-13-29-23(33)10-8-20(27-29)18-4-6-19(35-3)7-5-18/h4-11,14H,12-13,15H2,1-3H3,(H,25,32). The fourth-order valence-electron chi connectivity index (χ4n) is 3.54. The number of carbonyl (C=O) groups is 1. The van der Waals surface area contributed by atoms with Crippen LogP contribution in [0.3, 0.4) is 0 Å². The number of rotatable bonds is 8. The first-order valence-electron chi connectivity index (χ1n) is 10.9. The van der Waals surface area contributed by atoms with Gasteiger partial charge in [0.2, 0.25) is 5.91 Å². The maximum atomic E-state index is 12.5. The minimum atomic E-state index is -0.413. The molecule has 0 saturated heterocycles. The summed E-state index contributed by atoms with van der Waals surface area (Å²) in [6, 6.07) is 15.2. The summed E-state index contributed by atoms with van der Waals surface area (Å²) in [6.45, 7) is 3.80. The van der Waals surface area contributed by atoms with E-state index in [1.807, 2.05) is 44.2 Å². The second kappa shape index (κ2) is 10.2. The van der Waals surface area contributed by atoms with Gasteiger partial charge in [0.15, 0.2) is 5.82 Å². The molecule has 0 aliphatic carbocycles. The van der Waals surface area contributed by atoms with Gasteiger partial charge in [-0.25, -0.2) is 14.0 Å². The van der Waals surface area contributed by atoms with E-state index >= 15 is 0 Å². The van der Waals surface area contributed by atoms with Gasteiger partial charge in [0, 0.05) is 29.9 Å². The highest BCUT2D eigenvalue weighted by molar-refractivity contribution is 5.75. The Labute approximate surface area is 200 Å². The van der Waals surface area contributed by atoms with Crippen LogP contribution < -0.4 is 21.2 Å². The molecular weight excluding hydrogens is 450 g/mol. The Morgan fingerprint density at radius 2 is 1.63 bits per heavy atom. The average Bonchev–Trinajstić information content (AvgIpc) is 3.19. The average molecular weight is 476 g/mol. The van der Waals surface area contributed by atoms with E-state index in [2.05, 4.69) is 20.6 Å². The Morgan fingerprint density at radius 3 is 2.31 bits per heavy atom. The fraction of sp³-hybridized carbons (Fsp3) is 0.250. The lowest BCUT2D eigenvalue weighted by molar-refractivity contribution is -0.121. The molecule has 4 rings (SSSR count). The minimum Gasteiger partial charge on any atom is -0.497 e. The topological polar surface area (TPSA) is 126 Å². The number of nitrogens with one attached hydrogen (secondary N) is 1. The van der Waals surface area contributed by atoms with Gasteiger partial charge in [-0.2, -0.15) is 10.2 Å². The Morgan fingerprint density at radius 1 is 0.914 bits per heavy atom. The third-order valence-corrected chi connectivity index (χ3v) is 5.27. The Kier molecular flexibility index (Phi) is 6.86. The van der Waals surface area contributed by atoms with E-state index in [-0.39, 0.29) is 25.2 Å². The number of carbonyl (C=O) groups excluding carboxylic acids is 1. The molecule has 0 bridgehead atoms. The van der Waals surface area contributed by atoms with Crippen LogP contribution in [0.15, 0.2) is 64.2 Å². The molecule has 11 nitrogen and oxygen atoms in total. The van der Waals surface area contributed by atoms with Crippen molar-refractivity contribution in [2.75, 3.05) is 13.7 Å². The Bertz CT molecular complexity index is 1470. The van der Waals surface area contributed by atoms with Crippen LogP contribution in [0.1, 0.15) is 11.4 Å². The van der Waals surface area contributed by atoms with Crippen molar-refractivity contribution in [1.82, 2.24) is 34.7 Å². The minimum absolute atomic E-state index is 0.156. The molecule has 0 atom stereocenters.